The molecular weight excluding hydrogens is 373 g/mol. The van der Waals surface area contributed by atoms with Crippen molar-refractivity contribution in [2.24, 2.45) is 7.05 Å². The molecule has 1 aromatic heterocycles. The first kappa shape index (κ1) is 19.4. The maximum Gasteiger partial charge on any atom is 0.416 e. The third-order valence-electron chi connectivity index (χ3n) is 4.03. The van der Waals surface area contributed by atoms with E-state index in [0.717, 1.165) is 23.5 Å². The molecule has 1 heterocycles. The molecule has 0 saturated carbocycles. The van der Waals surface area contributed by atoms with Gasteiger partial charge in [-0.2, -0.15) is 13.2 Å². The van der Waals surface area contributed by atoms with Crippen LogP contribution in [0.5, 0.6) is 5.75 Å². The Labute approximate surface area is 159 Å². The third kappa shape index (κ3) is 4.48. The number of anilines is 1. The summed E-state index contributed by atoms with van der Waals surface area (Å²) >= 11 is 0. The molecule has 3 aromatic rings. The molecule has 146 valence electrons. The first-order chi connectivity index (χ1) is 13.2. The molecule has 1 N–H and O–H groups in total. The highest BCUT2D eigenvalue weighted by molar-refractivity contribution is 5.92. The van der Waals surface area contributed by atoms with E-state index in [9.17, 15) is 18.0 Å². The Hall–Kier alpha value is -3.36. The highest BCUT2D eigenvalue weighted by Crippen LogP contribution is 2.31. The van der Waals surface area contributed by atoms with Crippen LogP contribution >= 0.6 is 0 Å². The SMILES string of the molecule is Cc1nnc(-c2cccc(NC(=O)COc3cccc(C(F)(F)F)c3)c2)n1C. The number of aryl methyl sites for hydroxylation is 1. The molecule has 28 heavy (non-hydrogen) atoms. The van der Waals surface area contributed by atoms with Crippen LogP contribution in [0.1, 0.15) is 11.4 Å². The maximum absolute atomic E-state index is 12.7. The average Bonchev–Trinajstić information content (AvgIpc) is 2.99. The third-order valence-corrected chi connectivity index (χ3v) is 4.03. The van der Waals surface area contributed by atoms with Crippen LogP contribution in [0.25, 0.3) is 11.4 Å². The summed E-state index contributed by atoms with van der Waals surface area (Å²) < 4.78 is 45.1. The summed E-state index contributed by atoms with van der Waals surface area (Å²) in [5.74, 6) is 0.865. The summed E-state index contributed by atoms with van der Waals surface area (Å²) in [6, 6.07) is 11.4. The van der Waals surface area contributed by atoms with Crippen LogP contribution in [0, 0.1) is 6.92 Å². The van der Waals surface area contributed by atoms with Crippen LogP contribution in [0.4, 0.5) is 18.9 Å². The van der Waals surface area contributed by atoms with Crippen LogP contribution in [-0.2, 0) is 18.0 Å². The van der Waals surface area contributed by atoms with Crippen LogP contribution in [-0.4, -0.2) is 27.3 Å². The van der Waals surface area contributed by atoms with Crippen molar-refractivity contribution in [2.45, 2.75) is 13.1 Å². The van der Waals surface area contributed by atoms with E-state index in [4.69, 9.17) is 4.74 Å². The molecular formula is C19H17F3N4O2. The van der Waals surface area contributed by atoms with Crippen molar-refractivity contribution in [3.8, 4) is 17.1 Å². The molecule has 0 aliphatic rings. The Morgan fingerprint density at radius 1 is 1.14 bits per heavy atom. The van der Waals surface area contributed by atoms with Crippen LogP contribution in [0.15, 0.2) is 48.5 Å². The first-order valence-electron chi connectivity index (χ1n) is 8.30. The Morgan fingerprint density at radius 2 is 1.89 bits per heavy atom. The van der Waals surface area contributed by atoms with Gasteiger partial charge in [0, 0.05) is 18.3 Å². The fourth-order valence-corrected chi connectivity index (χ4v) is 2.50. The van der Waals surface area contributed by atoms with Crippen molar-refractivity contribution in [3.05, 3.63) is 59.9 Å². The van der Waals surface area contributed by atoms with Gasteiger partial charge in [0.15, 0.2) is 12.4 Å². The molecule has 0 fully saturated rings. The minimum Gasteiger partial charge on any atom is -0.484 e. The van der Waals surface area contributed by atoms with Gasteiger partial charge in [0.1, 0.15) is 11.6 Å². The number of carbonyl (C=O) groups is 1. The van der Waals surface area contributed by atoms with Gasteiger partial charge in [0.05, 0.1) is 5.56 Å². The molecule has 0 bridgehead atoms. The summed E-state index contributed by atoms with van der Waals surface area (Å²) in [6.07, 6.45) is -4.47. The topological polar surface area (TPSA) is 69.0 Å². The number of aromatic nitrogens is 3. The number of hydrogen-bond donors (Lipinski definition) is 1. The lowest BCUT2D eigenvalue weighted by atomic mass is 10.2. The van der Waals surface area contributed by atoms with Crippen molar-refractivity contribution in [3.63, 3.8) is 0 Å². The minimum absolute atomic E-state index is 0.0340. The second-order valence-electron chi connectivity index (χ2n) is 6.07. The number of benzene rings is 2. The normalized spacial score (nSPS) is 11.3. The van der Waals surface area contributed by atoms with Crippen molar-refractivity contribution in [1.82, 2.24) is 14.8 Å². The highest BCUT2D eigenvalue weighted by atomic mass is 19.4. The number of halogens is 3. The van der Waals surface area contributed by atoms with E-state index < -0.39 is 24.3 Å². The molecule has 1 amide bonds. The summed E-state index contributed by atoms with van der Waals surface area (Å²) in [6.45, 7) is 1.40. The largest absolute Gasteiger partial charge is 0.484 e. The predicted molar refractivity (Wildman–Crippen MR) is 96.7 cm³/mol. The molecule has 0 atom stereocenters. The molecule has 9 heteroatoms. The number of ether oxygens (including phenoxy) is 1. The van der Waals surface area contributed by atoms with Gasteiger partial charge in [-0.15, -0.1) is 10.2 Å². The fourth-order valence-electron chi connectivity index (χ4n) is 2.50. The minimum atomic E-state index is -4.47. The van der Waals surface area contributed by atoms with Crippen molar-refractivity contribution in [1.29, 1.82) is 0 Å². The highest BCUT2D eigenvalue weighted by Gasteiger charge is 2.30. The smallest absolute Gasteiger partial charge is 0.416 e. The molecule has 0 aliphatic heterocycles. The maximum atomic E-state index is 12.7. The Kier molecular flexibility index (Phi) is 5.34. The number of nitrogens with zero attached hydrogens (tertiary/aromatic N) is 3. The number of amides is 1. The lowest BCUT2D eigenvalue weighted by Crippen LogP contribution is -2.20. The number of rotatable bonds is 5. The van der Waals surface area contributed by atoms with Gasteiger partial charge in [-0.3, -0.25) is 4.79 Å². The van der Waals surface area contributed by atoms with Gasteiger partial charge in [0.2, 0.25) is 0 Å². The van der Waals surface area contributed by atoms with Gasteiger partial charge < -0.3 is 14.6 Å². The Morgan fingerprint density at radius 3 is 2.57 bits per heavy atom. The van der Waals surface area contributed by atoms with Crippen LogP contribution in [0.3, 0.4) is 0 Å². The Bertz CT molecular complexity index is 999. The van der Waals surface area contributed by atoms with Gasteiger partial charge in [-0.05, 0) is 37.3 Å². The lowest BCUT2D eigenvalue weighted by molar-refractivity contribution is -0.137. The van der Waals surface area contributed by atoms with Crippen molar-refractivity contribution >= 4 is 11.6 Å². The van der Waals surface area contributed by atoms with E-state index in [1.807, 2.05) is 24.6 Å². The molecule has 0 aliphatic carbocycles. The summed E-state index contributed by atoms with van der Waals surface area (Å²) in [5, 5.41) is 10.7. The Balaban J connectivity index is 1.64. The quantitative estimate of drug-likeness (QED) is 0.719. The monoisotopic (exact) mass is 390 g/mol. The average molecular weight is 390 g/mol. The molecule has 2 aromatic carbocycles. The van der Waals surface area contributed by atoms with Crippen molar-refractivity contribution in [2.75, 3.05) is 11.9 Å². The standard InChI is InChI=1S/C19H17F3N4O2/c1-12-24-25-18(26(12)2)13-5-3-7-15(9-13)23-17(27)11-28-16-8-4-6-14(10-16)19(20,21)22/h3-10H,11H2,1-2H3,(H,23,27). The number of alkyl halides is 3. The molecule has 0 radical (unpaired) electrons. The summed E-state index contributed by atoms with van der Waals surface area (Å²) in [4.78, 5) is 12.1. The number of nitrogens with one attached hydrogen (secondary N) is 1. The molecule has 6 nitrogen and oxygen atoms in total. The second kappa shape index (κ2) is 7.71. The predicted octanol–water partition coefficient (Wildman–Crippen LogP) is 3.83. The van der Waals surface area contributed by atoms with E-state index in [1.54, 1.807) is 18.2 Å². The van der Waals surface area contributed by atoms with Gasteiger partial charge in [-0.25, -0.2) is 0 Å². The lowest BCUT2D eigenvalue weighted by Gasteiger charge is -2.11. The first-order valence-corrected chi connectivity index (χ1v) is 8.30. The van der Waals surface area contributed by atoms with E-state index in [1.165, 1.54) is 12.1 Å². The van der Waals surface area contributed by atoms with Crippen molar-refractivity contribution < 1.29 is 22.7 Å². The fraction of sp³-hybridized carbons (Fsp3) is 0.211. The van der Waals surface area contributed by atoms with E-state index in [0.29, 0.717) is 11.5 Å². The zero-order valence-corrected chi connectivity index (χ0v) is 15.1. The zero-order valence-electron chi connectivity index (χ0n) is 15.1. The molecule has 3 rings (SSSR count). The van der Waals surface area contributed by atoms with Crippen LogP contribution < -0.4 is 10.1 Å². The van der Waals surface area contributed by atoms with Crippen LogP contribution in [0.2, 0.25) is 0 Å². The van der Waals surface area contributed by atoms with E-state index in [2.05, 4.69) is 15.5 Å². The van der Waals surface area contributed by atoms with Gasteiger partial charge in [0.25, 0.3) is 5.91 Å². The summed E-state index contributed by atoms with van der Waals surface area (Å²) in [7, 11) is 1.83. The molecule has 0 spiro atoms. The van der Waals surface area contributed by atoms with Gasteiger partial charge >= 0.3 is 6.18 Å². The van der Waals surface area contributed by atoms with E-state index in [-0.39, 0.29) is 5.75 Å². The summed E-state index contributed by atoms with van der Waals surface area (Å²) in [5.41, 5.74) is 0.438. The number of hydrogen-bond acceptors (Lipinski definition) is 4. The van der Waals surface area contributed by atoms with E-state index >= 15 is 0 Å². The molecule has 0 saturated heterocycles. The zero-order chi connectivity index (χ0) is 20.3. The number of carbonyl (C=O) groups excluding carboxylic acids is 1. The molecule has 0 unspecified atom stereocenters. The second-order valence-corrected chi connectivity index (χ2v) is 6.07. The van der Waals surface area contributed by atoms with Gasteiger partial charge in [-0.1, -0.05) is 18.2 Å².